The Bertz CT molecular complexity index is 803. The van der Waals surface area contributed by atoms with E-state index in [4.69, 9.17) is 11.6 Å². The van der Waals surface area contributed by atoms with Crippen molar-refractivity contribution in [3.63, 3.8) is 0 Å². The lowest BCUT2D eigenvalue weighted by Crippen LogP contribution is -2.23. The summed E-state index contributed by atoms with van der Waals surface area (Å²) in [6.07, 6.45) is 9.49. The molecule has 0 aliphatic heterocycles. The average molecular weight is 416 g/mol. The molecule has 3 rings (SSSR count). The van der Waals surface area contributed by atoms with Gasteiger partial charge in [-0.05, 0) is 84.2 Å². The highest BCUT2D eigenvalue weighted by Crippen LogP contribution is 2.39. The van der Waals surface area contributed by atoms with E-state index >= 15 is 0 Å². The molecule has 1 heterocycles. The van der Waals surface area contributed by atoms with Gasteiger partial charge in [-0.2, -0.15) is 0 Å². The molecule has 1 aliphatic carbocycles. The molecule has 0 spiro atoms. The van der Waals surface area contributed by atoms with Crippen molar-refractivity contribution in [2.24, 2.45) is 17.8 Å². The Labute approximate surface area is 181 Å². The SMILES string of the molecule is CC(C)c1cc(CC(C)C2CCCC(CC(C)c3ccc(Cl)c(F)c3)C2)ccn1. The summed E-state index contributed by atoms with van der Waals surface area (Å²) in [7, 11) is 0. The van der Waals surface area contributed by atoms with E-state index in [2.05, 4.69) is 44.8 Å². The van der Waals surface area contributed by atoms with E-state index in [0.29, 0.717) is 17.8 Å². The van der Waals surface area contributed by atoms with Gasteiger partial charge >= 0.3 is 0 Å². The number of pyridine rings is 1. The lowest BCUT2D eigenvalue weighted by molar-refractivity contribution is 0.191. The summed E-state index contributed by atoms with van der Waals surface area (Å²) in [5, 5.41) is 0.212. The van der Waals surface area contributed by atoms with Crippen LogP contribution in [0.4, 0.5) is 4.39 Å². The van der Waals surface area contributed by atoms with Gasteiger partial charge in [-0.1, -0.05) is 64.6 Å². The minimum absolute atomic E-state index is 0.212. The van der Waals surface area contributed by atoms with Crippen LogP contribution >= 0.6 is 11.6 Å². The first-order chi connectivity index (χ1) is 13.8. The highest BCUT2D eigenvalue weighted by Gasteiger charge is 2.27. The number of halogens is 2. The van der Waals surface area contributed by atoms with Gasteiger partial charge in [-0.25, -0.2) is 4.39 Å². The zero-order chi connectivity index (χ0) is 21.0. The van der Waals surface area contributed by atoms with Crippen LogP contribution in [0.25, 0.3) is 0 Å². The number of hydrogen-bond acceptors (Lipinski definition) is 1. The monoisotopic (exact) mass is 415 g/mol. The average Bonchev–Trinajstić information content (AvgIpc) is 2.70. The molecule has 2 aromatic rings. The molecule has 1 aromatic heterocycles. The molecule has 0 radical (unpaired) electrons. The molecule has 0 amide bonds. The molecule has 1 nitrogen and oxygen atoms in total. The zero-order valence-electron chi connectivity index (χ0n) is 18.3. The number of aromatic nitrogens is 1. The largest absolute Gasteiger partial charge is 0.261 e. The standard InChI is InChI=1S/C26H35ClFN/c1-17(2)26-15-21(10-11-29-26)13-18(3)22-7-5-6-20(14-22)12-19(4)23-8-9-24(27)25(28)16-23/h8-11,15-20,22H,5-7,12-14H2,1-4H3. The number of hydrogen-bond donors (Lipinski definition) is 0. The summed E-state index contributed by atoms with van der Waals surface area (Å²) >= 11 is 5.85. The van der Waals surface area contributed by atoms with Crippen LogP contribution in [0.15, 0.2) is 36.5 Å². The zero-order valence-corrected chi connectivity index (χ0v) is 19.1. The van der Waals surface area contributed by atoms with Crippen LogP contribution in [0.5, 0.6) is 0 Å². The summed E-state index contributed by atoms with van der Waals surface area (Å²) in [6.45, 7) is 9.05. The number of rotatable bonds is 7. The maximum atomic E-state index is 13.8. The summed E-state index contributed by atoms with van der Waals surface area (Å²) in [5.74, 6) is 2.73. The van der Waals surface area contributed by atoms with Crippen molar-refractivity contribution in [1.29, 1.82) is 0 Å². The quantitative estimate of drug-likeness (QED) is 0.444. The molecular weight excluding hydrogens is 381 g/mol. The van der Waals surface area contributed by atoms with Crippen LogP contribution in [0, 0.1) is 23.6 Å². The van der Waals surface area contributed by atoms with Crippen molar-refractivity contribution >= 4 is 11.6 Å². The molecule has 4 atom stereocenters. The van der Waals surface area contributed by atoms with Gasteiger partial charge in [0.15, 0.2) is 0 Å². The fourth-order valence-electron chi connectivity index (χ4n) is 4.99. The van der Waals surface area contributed by atoms with Gasteiger partial charge in [0, 0.05) is 11.9 Å². The Kier molecular flexibility index (Phi) is 7.73. The summed E-state index contributed by atoms with van der Waals surface area (Å²) in [4.78, 5) is 4.51. The van der Waals surface area contributed by atoms with Crippen LogP contribution in [0.2, 0.25) is 5.02 Å². The van der Waals surface area contributed by atoms with Gasteiger partial charge in [-0.3, -0.25) is 4.98 Å². The topological polar surface area (TPSA) is 12.9 Å². The van der Waals surface area contributed by atoms with E-state index in [1.165, 1.54) is 36.9 Å². The fourth-order valence-corrected chi connectivity index (χ4v) is 5.11. The van der Waals surface area contributed by atoms with Crippen molar-refractivity contribution in [3.05, 3.63) is 64.2 Å². The molecular formula is C26H35ClFN. The van der Waals surface area contributed by atoms with Gasteiger partial charge in [0.2, 0.25) is 0 Å². The summed E-state index contributed by atoms with van der Waals surface area (Å²) in [5.41, 5.74) is 3.68. The molecule has 158 valence electrons. The van der Waals surface area contributed by atoms with Crippen molar-refractivity contribution in [2.45, 2.75) is 78.1 Å². The second-order valence-electron chi connectivity index (χ2n) is 9.53. The molecule has 0 saturated heterocycles. The minimum Gasteiger partial charge on any atom is -0.261 e. The first kappa shape index (κ1) is 22.3. The predicted molar refractivity (Wildman–Crippen MR) is 121 cm³/mol. The van der Waals surface area contributed by atoms with Gasteiger partial charge in [0.05, 0.1) is 5.02 Å². The maximum Gasteiger partial charge on any atom is 0.142 e. The molecule has 0 N–H and O–H groups in total. The summed E-state index contributed by atoms with van der Waals surface area (Å²) in [6, 6.07) is 9.76. The van der Waals surface area contributed by atoms with Crippen molar-refractivity contribution in [1.82, 2.24) is 4.98 Å². The highest BCUT2D eigenvalue weighted by atomic mass is 35.5. The summed E-state index contributed by atoms with van der Waals surface area (Å²) < 4.78 is 13.8. The van der Waals surface area contributed by atoms with Crippen LogP contribution in [0.1, 0.15) is 88.5 Å². The van der Waals surface area contributed by atoms with Crippen LogP contribution in [-0.4, -0.2) is 4.98 Å². The Morgan fingerprint density at radius 3 is 2.62 bits per heavy atom. The first-order valence-electron chi connectivity index (χ1n) is 11.2. The molecule has 1 aliphatic rings. The minimum atomic E-state index is -0.302. The van der Waals surface area contributed by atoms with Crippen LogP contribution in [-0.2, 0) is 6.42 Å². The highest BCUT2D eigenvalue weighted by molar-refractivity contribution is 6.30. The van der Waals surface area contributed by atoms with E-state index in [9.17, 15) is 4.39 Å². The molecule has 1 aromatic carbocycles. The second-order valence-corrected chi connectivity index (χ2v) is 9.94. The lowest BCUT2D eigenvalue weighted by atomic mass is 9.71. The normalized spacial score (nSPS) is 21.9. The number of nitrogens with zero attached hydrogens (tertiary/aromatic N) is 1. The smallest absolute Gasteiger partial charge is 0.142 e. The predicted octanol–water partition coefficient (Wildman–Crippen LogP) is 8.18. The third-order valence-electron chi connectivity index (χ3n) is 6.82. The van der Waals surface area contributed by atoms with Crippen molar-refractivity contribution < 1.29 is 4.39 Å². The van der Waals surface area contributed by atoms with Crippen molar-refractivity contribution in [2.75, 3.05) is 0 Å². The molecule has 4 unspecified atom stereocenters. The van der Waals surface area contributed by atoms with Gasteiger partial charge < -0.3 is 0 Å². The van der Waals surface area contributed by atoms with E-state index in [-0.39, 0.29) is 10.8 Å². The van der Waals surface area contributed by atoms with Gasteiger partial charge in [-0.15, -0.1) is 0 Å². The van der Waals surface area contributed by atoms with Crippen LogP contribution < -0.4 is 0 Å². The Morgan fingerprint density at radius 2 is 1.90 bits per heavy atom. The third-order valence-corrected chi connectivity index (χ3v) is 7.13. The molecule has 1 fully saturated rings. The second kappa shape index (κ2) is 10.1. The van der Waals surface area contributed by atoms with Crippen LogP contribution in [0.3, 0.4) is 0 Å². The molecule has 3 heteroatoms. The van der Waals surface area contributed by atoms with E-state index in [1.54, 1.807) is 12.1 Å². The molecule has 0 bridgehead atoms. The Balaban J connectivity index is 1.58. The lowest BCUT2D eigenvalue weighted by Gasteiger charge is -2.34. The van der Waals surface area contributed by atoms with Crippen molar-refractivity contribution in [3.8, 4) is 0 Å². The fraction of sp³-hybridized carbons (Fsp3) is 0.577. The first-order valence-corrected chi connectivity index (χ1v) is 11.6. The third kappa shape index (κ3) is 6.04. The van der Waals surface area contributed by atoms with E-state index in [0.717, 1.165) is 30.2 Å². The van der Waals surface area contributed by atoms with E-state index in [1.807, 2.05) is 12.3 Å². The van der Waals surface area contributed by atoms with Gasteiger partial charge in [0.25, 0.3) is 0 Å². The molecule has 1 saturated carbocycles. The molecule has 29 heavy (non-hydrogen) atoms. The van der Waals surface area contributed by atoms with E-state index < -0.39 is 0 Å². The Morgan fingerprint density at radius 1 is 1.10 bits per heavy atom. The maximum absolute atomic E-state index is 13.8. The number of benzene rings is 1. The van der Waals surface area contributed by atoms with Gasteiger partial charge in [0.1, 0.15) is 5.82 Å². The Hall–Kier alpha value is -1.41.